The van der Waals surface area contributed by atoms with Crippen molar-refractivity contribution in [2.75, 3.05) is 11.9 Å². The summed E-state index contributed by atoms with van der Waals surface area (Å²) in [5, 5.41) is 2.72. The van der Waals surface area contributed by atoms with E-state index >= 15 is 0 Å². The van der Waals surface area contributed by atoms with Crippen molar-refractivity contribution < 1.29 is 35.5 Å². The number of aldehydes is 1. The van der Waals surface area contributed by atoms with Gasteiger partial charge in [0.05, 0.1) is 0 Å². The first-order valence-electron chi connectivity index (χ1n) is 6.48. The van der Waals surface area contributed by atoms with Crippen LogP contribution in [0.15, 0.2) is 12.1 Å². The van der Waals surface area contributed by atoms with E-state index in [2.05, 4.69) is 5.32 Å². The van der Waals surface area contributed by atoms with Gasteiger partial charge >= 0.3 is 18.0 Å². The highest BCUT2D eigenvalue weighted by molar-refractivity contribution is 5.60. The van der Waals surface area contributed by atoms with Gasteiger partial charge in [0.2, 0.25) is 0 Å². The Balaban J connectivity index is 3.40. The molecule has 0 radical (unpaired) electrons. The third kappa shape index (κ3) is 3.59. The van der Waals surface area contributed by atoms with E-state index in [0.29, 0.717) is 18.4 Å². The molecule has 0 amide bonds. The second-order valence-corrected chi connectivity index (χ2v) is 5.02. The molecule has 1 aromatic rings. The Morgan fingerprint density at radius 3 is 1.74 bits per heavy atom. The summed E-state index contributed by atoms with van der Waals surface area (Å²) in [7, 11) is 0. The van der Waals surface area contributed by atoms with Gasteiger partial charge in [-0.05, 0) is 25.0 Å². The van der Waals surface area contributed by atoms with Crippen LogP contribution in [0, 0.1) is 13.8 Å². The number of benzene rings is 1. The molecule has 1 rings (SSSR count). The Morgan fingerprint density at radius 1 is 0.957 bits per heavy atom. The number of rotatable bonds is 5. The summed E-state index contributed by atoms with van der Waals surface area (Å²) in [6.07, 6.45) is -11.6. The molecular weight excluding hydrogens is 331 g/mol. The van der Waals surface area contributed by atoms with Gasteiger partial charge in [-0.1, -0.05) is 12.1 Å². The molecule has 0 heterocycles. The van der Waals surface area contributed by atoms with Crippen LogP contribution in [0.5, 0.6) is 0 Å². The zero-order valence-electron chi connectivity index (χ0n) is 12.2. The third-order valence-electron chi connectivity index (χ3n) is 3.28. The van der Waals surface area contributed by atoms with Crippen LogP contribution in [0.25, 0.3) is 0 Å². The Kier molecular flexibility index (Phi) is 5.33. The average molecular weight is 345 g/mol. The van der Waals surface area contributed by atoms with E-state index in [-0.39, 0.29) is 29.8 Å². The fraction of sp³-hybridized carbons (Fsp3) is 0.500. The SMILES string of the molecule is Cc1cc(C(F)(C(F)(F)F)C(F)(F)F)cc(C)c1NCCC=O. The second-order valence-electron chi connectivity index (χ2n) is 5.02. The number of anilines is 1. The van der Waals surface area contributed by atoms with Gasteiger partial charge in [0.15, 0.2) is 0 Å². The van der Waals surface area contributed by atoms with Crippen LogP contribution >= 0.6 is 0 Å². The number of hydrogen-bond donors (Lipinski definition) is 1. The number of hydrogen-bond acceptors (Lipinski definition) is 2. The topological polar surface area (TPSA) is 29.1 Å². The van der Waals surface area contributed by atoms with Crippen molar-refractivity contribution in [2.45, 2.75) is 38.3 Å². The minimum absolute atomic E-state index is 0.0152. The smallest absolute Gasteiger partial charge is 0.384 e. The fourth-order valence-corrected chi connectivity index (χ4v) is 2.19. The van der Waals surface area contributed by atoms with Crippen LogP contribution in [-0.4, -0.2) is 25.2 Å². The zero-order valence-corrected chi connectivity index (χ0v) is 12.2. The lowest BCUT2D eigenvalue weighted by Crippen LogP contribution is -2.50. The van der Waals surface area contributed by atoms with Gasteiger partial charge in [-0.15, -0.1) is 0 Å². The highest BCUT2D eigenvalue weighted by atomic mass is 19.4. The summed E-state index contributed by atoms with van der Waals surface area (Å²) < 4.78 is 90.5. The average Bonchev–Trinajstić information content (AvgIpc) is 2.38. The molecule has 130 valence electrons. The van der Waals surface area contributed by atoms with Gasteiger partial charge in [0, 0.05) is 24.2 Å². The van der Waals surface area contributed by atoms with E-state index in [1.54, 1.807) is 0 Å². The molecule has 0 aliphatic carbocycles. The summed E-state index contributed by atoms with van der Waals surface area (Å²) in [5.41, 5.74) is -6.67. The Morgan fingerprint density at radius 2 is 1.39 bits per heavy atom. The molecule has 0 bridgehead atoms. The number of carbonyl (C=O) groups excluding carboxylic acids is 1. The molecule has 2 nitrogen and oxygen atoms in total. The Hall–Kier alpha value is -1.80. The molecule has 0 atom stereocenters. The molecule has 0 spiro atoms. The summed E-state index contributed by atoms with van der Waals surface area (Å²) in [5.74, 6) is 0. The highest BCUT2D eigenvalue weighted by Crippen LogP contribution is 2.53. The van der Waals surface area contributed by atoms with Gasteiger partial charge in [0.1, 0.15) is 6.29 Å². The lowest BCUT2D eigenvalue weighted by molar-refractivity contribution is -0.348. The van der Waals surface area contributed by atoms with Crippen LogP contribution in [0.1, 0.15) is 23.1 Å². The first kappa shape index (κ1) is 19.2. The van der Waals surface area contributed by atoms with Gasteiger partial charge in [-0.3, -0.25) is 0 Å². The molecule has 9 heteroatoms. The fourth-order valence-electron chi connectivity index (χ4n) is 2.19. The number of carbonyl (C=O) groups is 1. The van der Waals surface area contributed by atoms with Crippen LogP contribution in [0.2, 0.25) is 0 Å². The summed E-state index contributed by atoms with van der Waals surface area (Å²) in [6, 6.07) is 1.02. The lowest BCUT2D eigenvalue weighted by atomic mass is 9.90. The third-order valence-corrected chi connectivity index (χ3v) is 3.28. The van der Waals surface area contributed by atoms with E-state index in [0.717, 1.165) is 0 Å². The van der Waals surface area contributed by atoms with E-state index in [4.69, 9.17) is 0 Å². The highest BCUT2D eigenvalue weighted by Gasteiger charge is 2.73. The molecule has 0 unspecified atom stereocenters. The monoisotopic (exact) mass is 345 g/mol. The predicted molar refractivity (Wildman–Crippen MR) is 70.0 cm³/mol. The zero-order chi connectivity index (χ0) is 18.1. The maximum Gasteiger partial charge on any atom is 0.435 e. The molecule has 0 aliphatic heterocycles. The van der Waals surface area contributed by atoms with Crippen LogP contribution in [0.4, 0.5) is 36.4 Å². The molecule has 0 aliphatic rings. The van der Waals surface area contributed by atoms with Crippen molar-refractivity contribution in [3.8, 4) is 0 Å². The van der Waals surface area contributed by atoms with Gasteiger partial charge in [-0.25, -0.2) is 4.39 Å². The van der Waals surface area contributed by atoms with E-state index < -0.39 is 23.6 Å². The molecule has 1 aromatic carbocycles. The van der Waals surface area contributed by atoms with Gasteiger partial charge in [-0.2, -0.15) is 26.3 Å². The minimum atomic E-state index is -6.14. The molecular formula is C14H14F7NO. The predicted octanol–water partition coefficient (Wildman–Crippen LogP) is 4.59. The molecule has 0 saturated heterocycles. The van der Waals surface area contributed by atoms with Crippen molar-refractivity contribution in [3.05, 3.63) is 28.8 Å². The summed E-state index contributed by atoms with van der Waals surface area (Å²) in [4.78, 5) is 10.2. The number of nitrogens with one attached hydrogen (secondary N) is 1. The molecule has 0 fully saturated rings. The van der Waals surface area contributed by atoms with Gasteiger partial charge < -0.3 is 10.1 Å². The first-order chi connectivity index (χ1) is 10.4. The number of alkyl halides is 7. The lowest BCUT2D eigenvalue weighted by Gasteiger charge is -2.31. The Bertz CT molecular complexity index is 540. The van der Waals surface area contributed by atoms with Crippen LogP contribution < -0.4 is 5.32 Å². The van der Waals surface area contributed by atoms with E-state index in [1.165, 1.54) is 13.8 Å². The molecule has 23 heavy (non-hydrogen) atoms. The summed E-state index contributed by atoms with van der Waals surface area (Å²) in [6.45, 7) is 2.67. The van der Waals surface area contributed by atoms with Crippen LogP contribution in [-0.2, 0) is 10.5 Å². The minimum Gasteiger partial charge on any atom is -0.384 e. The van der Waals surface area contributed by atoms with Crippen LogP contribution in [0.3, 0.4) is 0 Å². The van der Waals surface area contributed by atoms with Gasteiger partial charge in [0.25, 0.3) is 0 Å². The quantitative estimate of drug-likeness (QED) is 0.480. The largest absolute Gasteiger partial charge is 0.435 e. The number of halogens is 7. The van der Waals surface area contributed by atoms with Crippen molar-refractivity contribution >= 4 is 12.0 Å². The second kappa shape index (κ2) is 6.37. The van der Waals surface area contributed by atoms with Crippen molar-refractivity contribution in [1.82, 2.24) is 0 Å². The maximum absolute atomic E-state index is 14.0. The first-order valence-corrected chi connectivity index (χ1v) is 6.48. The van der Waals surface area contributed by atoms with Crippen molar-refractivity contribution in [1.29, 1.82) is 0 Å². The normalized spacial score (nSPS) is 13.1. The standard InChI is InChI=1S/C14H14F7NO/c1-8-6-10(7-9(2)11(8)22-4-3-5-23)12(15,13(16,17)18)14(19,20)21/h5-7,22H,3-4H2,1-2H3. The van der Waals surface area contributed by atoms with E-state index in [9.17, 15) is 35.5 Å². The molecule has 0 aromatic heterocycles. The Labute approximate surface area is 127 Å². The summed E-state index contributed by atoms with van der Waals surface area (Å²) >= 11 is 0. The molecule has 1 N–H and O–H groups in total. The number of aryl methyl sites for hydroxylation is 2. The maximum atomic E-state index is 14.0. The molecule has 0 saturated carbocycles. The van der Waals surface area contributed by atoms with Crippen molar-refractivity contribution in [3.63, 3.8) is 0 Å². The van der Waals surface area contributed by atoms with E-state index in [1.807, 2.05) is 0 Å². The van der Waals surface area contributed by atoms with Crippen molar-refractivity contribution in [2.24, 2.45) is 0 Å².